The Morgan fingerprint density at radius 3 is 2.37 bits per heavy atom. The van der Waals surface area contributed by atoms with Gasteiger partial charge in [0.2, 0.25) is 5.56 Å². The maximum atomic E-state index is 16.5. The number of rotatable bonds is 5. The minimum Gasteiger partial charge on any atom is -0.447 e. The van der Waals surface area contributed by atoms with Gasteiger partial charge in [-0.05, 0) is 46.7 Å². The van der Waals surface area contributed by atoms with Gasteiger partial charge in [-0.15, -0.1) is 0 Å². The van der Waals surface area contributed by atoms with Crippen LogP contribution in [0.5, 0.6) is 0 Å². The van der Waals surface area contributed by atoms with Gasteiger partial charge >= 0.3 is 12.3 Å². The van der Waals surface area contributed by atoms with Crippen LogP contribution in [0, 0.1) is 11.6 Å². The van der Waals surface area contributed by atoms with E-state index in [2.05, 4.69) is 10.2 Å². The van der Waals surface area contributed by atoms with Crippen LogP contribution in [0.1, 0.15) is 55.6 Å². The van der Waals surface area contributed by atoms with Crippen molar-refractivity contribution in [3.8, 4) is 0 Å². The number of nitrogens with zero attached hydrogens (tertiary/aromatic N) is 3. The number of aromatic amines is 1. The molecule has 2 aliphatic rings. The zero-order chi connectivity index (χ0) is 31.8. The first kappa shape index (κ1) is 32.0. The molecule has 2 aromatic rings. The number of H-pyrrole nitrogens is 1. The number of carbonyl (C=O) groups excluding carboxylic acids is 2. The van der Waals surface area contributed by atoms with Crippen LogP contribution >= 0.6 is 0 Å². The lowest BCUT2D eigenvalue weighted by Crippen LogP contribution is -2.55. The first-order valence-corrected chi connectivity index (χ1v) is 13.8. The van der Waals surface area contributed by atoms with Crippen molar-refractivity contribution in [1.82, 2.24) is 14.8 Å². The molecule has 2 atom stereocenters. The third-order valence-corrected chi connectivity index (χ3v) is 7.68. The van der Waals surface area contributed by atoms with Crippen molar-refractivity contribution in [2.75, 3.05) is 43.4 Å². The minimum atomic E-state index is -5.06. The molecule has 43 heavy (non-hydrogen) atoms. The molecule has 9 nitrogen and oxygen atoms in total. The number of carbonyl (C=O) groups is 2. The van der Waals surface area contributed by atoms with Crippen molar-refractivity contribution < 1.29 is 36.3 Å². The van der Waals surface area contributed by atoms with Crippen molar-refractivity contribution in [2.45, 2.75) is 58.5 Å². The van der Waals surface area contributed by atoms with Crippen LogP contribution < -0.4 is 15.8 Å². The van der Waals surface area contributed by atoms with E-state index in [1.807, 2.05) is 25.9 Å². The van der Waals surface area contributed by atoms with Crippen molar-refractivity contribution in [2.24, 2.45) is 0 Å². The number of halogens is 5. The van der Waals surface area contributed by atoms with Gasteiger partial charge < -0.3 is 24.8 Å². The average Bonchev–Trinajstić information content (AvgIpc) is 2.92. The molecule has 3 heterocycles. The predicted molar refractivity (Wildman–Crippen MR) is 151 cm³/mol. The van der Waals surface area contributed by atoms with Crippen molar-refractivity contribution in [1.29, 1.82) is 0 Å². The summed E-state index contributed by atoms with van der Waals surface area (Å²) in [6.45, 7) is 7.84. The van der Waals surface area contributed by atoms with Crippen LogP contribution in [-0.4, -0.2) is 78.2 Å². The van der Waals surface area contributed by atoms with E-state index < -0.39 is 63.9 Å². The predicted octanol–water partition coefficient (Wildman–Crippen LogP) is 5.09. The number of alkyl halides is 3. The number of likely N-dealkylation sites (N-methyl/N-ethyl adjacent to an activating group) is 1. The van der Waals surface area contributed by atoms with Crippen LogP contribution in [0.15, 0.2) is 29.2 Å². The average molecular weight is 612 g/mol. The second-order valence-corrected chi connectivity index (χ2v) is 11.2. The Morgan fingerprint density at radius 1 is 1.12 bits per heavy atom. The molecule has 2 aliphatic heterocycles. The smallest absolute Gasteiger partial charge is 0.417 e. The van der Waals surface area contributed by atoms with Gasteiger partial charge in [0.05, 0.1) is 28.5 Å². The summed E-state index contributed by atoms with van der Waals surface area (Å²) < 4.78 is 78.7. The molecule has 0 saturated carbocycles. The quantitative estimate of drug-likeness (QED) is 0.458. The molecule has 0 aliphatic carbocycles. The molecule has 1 saturated heterocycles. The largest absolute Gasteiger partial charge is 0.447 e. The van der Waals surface area contributed by atoms with Gasteiger partial charge in [-0.25, -0.2) is 13.6 Å². The molecule has 234 valence electrons. The number of amides is 2. The first-order valence-electron chi connectivity index (χ1n) is 13.8. The van der Waals surface area contributed by atoms with Crippen molar-refractivity contribution in [3.05, 3.63) is 63.1 Å². The van der Waals surface area contributed by atoms with E-state index in [0.717, 1.165) is 6.07 Å². The van der Waals surface area contributed by atoms with Gasteiger partial charge in [0, 0.05) is 56.6 Å². The molecular formula is C29H34F5N5O4. The van der Waals surface area contributed by atoms with Crippen molar-refractivity contribution >= 4 is 28.9 Å². The molecule has 1 aromatic carbocycles. The Morgan fingerprint density at radius 2 is 1.77 bits per heavy atom. The lowest BCUT2D eigenvalue weighted by atomic mass is 9.97. The number of hydrogen-bond donors (Lipinski definition) is 2. The van der Waals surface area contributed by atoms with Gasteiger partial charge in [0.25, 0.3) is 5.91 Å². The summed E-state index contributed by atoms with van der Waals surface area (Å²) in [5, 5.41) is 2.24. The number of hydrogen-bond acceptors (Lipinski definition) is 6. The second kappa shape index (κ2) is 12.3. The second-order valence-electron chi connectivity index (χ2n) is 11.2. The summed E-state index contributed by atoms with van der Waals surface area (Å²) in [4.78, 5) is 44.5. The van der Waals surface area contributed by atoms with Crippen LogP contribution in [0.2, 0.25) is 0 Å². The van der Waals surface area contributed by atoms with Gasteiger partial charge in [-0.2, -0.15) is 13.2 Å². The maximum absolute atomic E-state index is 16.5. The van der Waals surface area contributed by atoms with Gasteiger partial charge in [0.1, 0.15) is 11.5 Å². The third kappa shape index (κ3) is 6.84. The number of piperazine rings is 1. The fourth-order valence-electron chi connectivity index (χ4n) is 5.30. The normalized spacial score (nSPS) is 19.8. The van der Waals surface area contributed by atoms with E-state index in [-0.39, 0.29) is 48.9 Å². The number of pyridine rings is 1. The van der Waals surface area contributed by atoms with Crippen LogP contribution in [0.4, 0.5) is 38.1 Å². The van der Waals surface area contributed by atoms with E-state index in [0.29, 0.717) is 19.3 Å². The zero-order valence-corrected chi connectivity index (χ0v) is 24.4. The summed E-state index contributed by atoms with van der Waals surface area (Å²) in [6, 6.07) is 1.16. The van der Waals surface area contributed by atoms with E-state index in [1.165, 1.54) is 4.90 Å². The minimum absolute atomic E-state index is 0.0515. The Balaban J connectivity index is 1.81. The van der Waals surface area contributed by atoms with Crippen LogP contribution in [-0.2, 0) is 10.9 Å². The molecule has 0 bridgehead atoms. The molecule has 1 aromatic heterocycles. The SMILES string of the molecule is CC(C)OC(=O)N1CCC=C(c2c(F)cc(N3C[C@@H](C)N(C)[C@@H](C)C3)c(NC(=O)c3c[nH]c(=O)cc3C(F)(F)F)c2F)C1. The molecule has 0 unspecified atom stereocenters. The maximum Gasteiger partial charge on any atom is 0.417 e. The monoisotopic (exact) mass is 611 g/mol. The van der Waals surface area contributed by atoms with Gasteiger partial charge in [-0.3, -0.25) is 14.5 Å². The number of nitrogens with one attached hydrogen (secondary N) is 2. The summed E-state index contributed by atoms with van der Waals surface area (Å²) in [6.07, 6.45) is -3.70. The van der Waals surface area contributed by atoms with E-state index in [4.69, 9.17) is 4.74 Å². The number of anilines is 2. The first-order chi connectivity index (χ1) is 20.1. The highest BCUT2D eigenvalue weighted by Gasteiger charge is 2.37. The lowest BCUT2D eigenvalue weighted by molar-refractivity contribution is -0.138. The highest BCUT2D eigenvalue weighted by atomic mass is 19.4. The number of aromatic nitrogens is 1. The van der Waals surface area contributed by atoms with Crippen molar-refractivity contribution in [3.63, 3.8) is 0 Å². The fourth-order valence-corrected chi connectivity index (χ4v) is 5.30. The van der Waals surface area contributed by atoms with E-state index in [1.54, 1.807) is 24.8 Å². The molecule has 0 radical (unpaired) electrons. The molecule has 14 heteroatoms. The Hall–Kier alpha value is -3.94. The fraction of sp³-hybridized carbons (Fsp3) is 0.483. The lowest BCUT2D eigenvalue weighted by Gasteiger charge is -2.44. The molecule has 2 amide bonds. The summed E-state index contributed by atoms with van der Waals surface area (Å²) in [7, 11) is 1.90. The molecule has 0 spiro atoms. The Kier molecular flexibility index (Phi) is 9.19. The zero-order valence-electron chi connectivity index (χ0n) is 24.4. The molecular weight excluding hydrogens is 577 g/mol. The molecule has 1 fully saturated rings. The number of benzene rings is 1. The van der Waals surface area contributed by atoms with Gasteiger partial charge in [-0.1, -0.05) is 6.08 Å². The molecule has 2 N–H and O–H groups in total. The highest BCUT2D eigenvalue weighted by Crippen LogP contribution is 2.39. The van der Waals surface area contributed by atoms with Crippen LogP contribution in [0.25, 0.3) is 5.57 Å². The summed E-state index contributed by atoms with van der Waals surface area (Å²) in [5.41, 5.74) is -4.50. The highest BCUT2D eigenvalue weighted by molar-refractivity contribution is 6.07. The third-order valence-electron chi connectivity index (χ3n) is 7.68. The standard InChI is InChI=1S/C29H34F5N5O4/c1-15(2)43-28(42)38-8-6-7-18(14-38)24-21(30)10-22(39-12-16(3)37(5)17(4)13-39)26(25(24)31)36-27(41)19-11-35-23(40)9-20(19)29(32,33)34/h7,9-11,15-17H,6,8,12-14H2,1-5H3,(H,35,40)(H,36,41)/t16-,17+. The topological polar surface area (TPSA) is 98.0 Å². The van der Waals surface area contributed by atoms with E-state index >= 15 is 8.78 Å². The number of ether oxygens (including phenoxy) is 1. The Labute approximate surface area is 245 Å². The van der Waals surface area contributed by atoms with E-state index in [9.17, 15) is 27.6 Å². The summed E-state index contributed by atoms with van der Waals surface area (Å²) in [5.74, 6) is -3.52. The Bertz CT molecular complexity index is 1480. The van der Waals surface area contributed by atoms with Crippen LogP contribution in [0.3, 0.4) is 0 Å². The summed E-state index contributed by atoms with van der Waals surface area (Å²) >= 11 is 0. The molecule has 4 rings (SSSR count). The van der Waals surface area contributed by atoms with Gasteiger partial charge in [0.15, 0.2) is 5.82 Å².